The number of hydrogen-bond donors (Lipinski definition) is 2. The van der Waals surface area contributed by atoms with Crippen molar-refractivity contribution in [3.63, 3.8) is 0 Å². The van der Waals surface area contributed by atoms with E-state index in [0.29, 0.717) is 12.5 Å². The van der Waals surface area contributed by atoms with Crippen LogP contribution in [0.5, 0.6) is 0 Å². The molecular formula is C12H22N4O. The minimum absolute atomic E-state index is 0.644. The topological polar surface area (TPSA) is 59.1 Å². The van der Waals surface area contributed by atoms with E-state index in [0.717, 1.165) is 31.1 Å². The van der Waals surface area contributed by atoms with Crippen molar-refractivity contribution in [1.29, 1.82) is 0 Å². The van der Waals surface area contributed by atoms with Crippen molar-refractivity contribution < 1.29 is 4.74 Å². The molecule has 0 aromatic carbocycles. The second-order valence-electron chi connectivity index (χ2n) is 4.34. The maximum Gasteiger partial charge on any atom is 0.144 e. The fraction of sp³-hybridized carbons (Fsp3) is 0.667. The van der Waals surface area contributed by atoms with Crippen LogP contribution in [0.4, 0.5) is 5.82 Å². The summed E-state index contributed by atoms with van der Waals surface area (Å²) < 4.78 is 4.96. The molecule has 2 N–H and O–H groups in total. The molecule has 1 rings (SSSR count). The van der Waals surface area contributed by atoms with Crippen molar-refractivity contribution in [2.75, 3.05) is 32.1 Å². The first kappa shape index (κ1) is 13.9. The molecule has 5 heteroatoms. The van der Waals surface area contributed by atoms with Crippen LogP contribution >= 0.6 is 0 Å². The molecule has 0 saturated carbocycles. The van der Waals surface area contributed by atoms with E-state index in [1.54, 1.807) is 19.5 Å². The summed E-state index contributed by atoms with van der Waals surface area (Å²) in [5.41, 5.74) is 0.952. The molecule has 0 saturated heterocycles. The highest BCUT2D eigenvalue weighted by atomic mass is 16.5. The zero-order chi connectivity index (χ0) is 12.5. The second-order valence-corrected chi connectivity index (χ2v) is 4.34. The van der Waals surface area contributed by atoms with Gasteiger partial charge in [0, 0.05) is 26.4 Å². The maximum absolute atomic E-state index is 4.96. The predicted molar refractivity (Wildman–Crippen MR) is 68.9 cm³/mol. The van der Waals surface area contributed by atoms with Gasteiger partial charge in [-0.1, -0.05) is 13.8 Å². The average molecular weight is 238 g/mol. The molecule has 1 aromatic rings. The minimum Gasteiger partial charge on any atom is -0.383 e. The van der Waals surface area contributed by atoms with Crippen LogP contribution in [-0.4, -0.2) is 36.8 Å². The van der Waals surface area contributed by atoms with E-state index in [1.807, 2.05) is 0 Å². The number of anilines is 1. The minimum atomic E-state index is 0.644. The normalized spacial score (nSPS) is 10.8. The third kappa shape index (κ3) is 6.19. The highest BCUT2D eigenvalue weighted by Crippen LogP contribution is 2.01. The highest BCUT2D eigenvalue weighted by molar-refractivity contribution is 5.31. The molecule has 17 heavy (non-hydrogen) atoms. The molecular weight excluding hydrogens is 216 g/mol. The Morgan fingerprint density at radius 3 is 2.88 bits per heavy atom. The fourth-order valence-electron chi connectivity index (χ4n) is 1.35. The Labute approximate surface area is 103 Å². The lowest BCUT2D eigenvalue weighted by atomic mass is 10.2. The molecule has 1 heterocycles. The van der Waals surface area contributed by atoms with Gasteiger partial charge in [0.25, 0.3) is 0 Å². The maximum atomic E-state index is 4.96. The Balaban J connectivity index is 2.37. The van der Waals surface area contributed by atoms with Crippen molar-refractivity contribution in [2.45, 2.75) is 20.4 Å². The molecule has 0 bridgehead atoms. The van der Waals surface area contributed by atoms with E-state index in [4.69, 9.17) is 4.74 Å². The monoisotopic (exact) mass is 238 g/mol. The van der Waals surface area contributed by atoms with Gasteiger partial charge in [0.1, 0.15) is 5.82 Å². The van der Waals surface area contributed by atoms with Gasteiger partial charge in [0.05, 0.1) is 18.5 Å². The lowest BCUT2D eigenvalue weighted by Gasteiger charge is -2.08. The van der Waals surface area contributed by atoms with Crippen LogP contribution in [0.25, 0.3) is 0 Å². The highest BCUT2D eigenvalue weighted by Gasteiger charge is 1.99. The van der Waals surface area contributed by atoms with Crippen molar-refractivity contribution in [3.8, 4) is 0 Å². The average Bonchev–Trinajstić information content (AvgIpc) is 2.29. The molecule has 96 valence electrons. The lowest BCUT2D eigenvalue weighted by molar-refractivity contribution is 0.210. The number of nitrogens with zero attached hydrogens (tertiary/aromatic N) is 2. The van der Waals surface area contributed by atoms with E-state index in [-0.39, 0.29) is 0 Å². The van der Waals surface area contributed by atoms with Crippen LogP contribution in [0.3, 0.4) is 0 Å². The number of nitrogens with one attached hydrogen (secondary N) is 2. The zero-order valence-corrected chi connectivity index (χ0v) is 10.9. The number of aromatic nitrogens is 2. The van der Waals surface area contributed by atoms with Crippen LogP contribution in [0.15, 0.2) is 12.4 Å². The van der Waals surface area contributed by atoms with E-state index in [2.05, 4.69) is 34.4 Å². The molecule has 0 aliphatic heterocycles. The SMILES string of the molecule is COCCNc1cncc(CNCC(C)C)n1. The van der Waals surface area contributed by atoms with Gasteiger partial charge in [-0.25, -0.2) is 4.98 Å². The summed E-state index contributed by atoms with van der Waals surface area (Å²) in [6, 6.07) is 0. The molecule has 0 unspecified atom stereocenters. The summed E-state index contributed by atoms with van der Waals surface area (Å²) in [4.78, 5) is 8.61. The summed E-state index contributed by atoms with van der Waals surface area (Å²) in [6.07, 6.45) is 3.51. The Bertz CT molecular complexity index is 317. The third-order valence-electron chi connectivity index (χ3n) is 2.16. The van der Waals surface area contributed by atoms with Crippen LogP contribution in [0, 0.1) is 5.92 Å². The van der Waals surface area contributed by atoms with Gasteiger partial charge in [-0.2, -0.15) is 0 Å². The summed E-state index contributed by atoms with van der Waals surface area (Å²) in [5.74, 6) is 1.44. The number of methoxy groups -OCH3 is 1. The molecule has 0 radical (unpaired) electrons. The molecule has 0 aliphatic carbocycles. The Morgan fingerprint density at radius 1 is 1.35 bits per heavy atom. The first-order valence-corrected chi connectivity index (χ1v) is 5.97. The van der Waals surface area contributed by atoms with Gasteiger partial charge in [-0.05, 0) is 12.5 Å². The van der Waals surface area contributed by atoms with Crippen LogP contribution in [0.1, 0.15) is 19.5 Å². The molecule has 5 nitrogen and oxygen atoms in total. The second kappa shape index (κ2) is 7.97. The lowest BCUT2D eigenvalue weighted by Crippen LogP contribution is -2.20. The standard InChI is InChI=1S/C12H22N4O/c1-10(2)6-13-7-11-8-14-9-12(16-11)15-4-5-17-3/h8-10,13H,4-7H2,1-3H3,(H,15,16). The van der Waals surface area contributed by atoms with Crippen LogP contribution in [0.2, 0.25) is 0 Å². The van der Waals surface area contributed by atoms with Crippen molar-refractivity contribution in [2.24, 2.45) is 5.92 Å². The molecule has 0 atom stereocenters. The van der Waals surface area contributed by atoms with E-state index in [1.165, 1.54) is 0 Å². The molecule has 0 aliphatic rings. The van der Waals surface area contributed by atoms with Gasteiger partial charge < -0.3 is 15.4 Å². The predicted octanol–water partition coefficient (Wildman–Crippen LogP) is 1.28. The van der Waals surface area contributed by atoms with Crippen LogP contribution < -0.4 is 10.6 Å². The molecule has 0 amide bonds. The first-order valence-electron chi connectivity index (χ1n) is 5.97. The summed E-state index contributed by atoms with van der Waals surface area (Å²) in [7, 11) is 1.68. The van der Waals surface area contributed by atoms with Crippen molar-refractivity contribution in [3.05, 3.63) is 18.1 Å². The van der Waals surface area contributed by atoms with Gasteiger partial charge in [0.15, 0.2) is 0 Å². The number of rotatable bonds is 8. The van der Waals surface area contributed by atoms with Crippen LogP contribution in [-0.2, 0) is 11.3 Å². The van der Waals surface area contributed by atoms with E-state index in [9.17, 15) is 0 Å². The quantitative estimate of drug-likeness (QED) is 0.668. The summed E-state index contributed by atoms with van der Waals surface area (Å²) in [5, 5.41) is 6.50. The smallest absolute Gasteiger partial charge is 0.144 e. The Hall–Kier alpha value is -1.20. The zero-order valence-electron chi connectivity index (χ0n) is 10.9. The van der Waals surface area contributed by atoms with E-state index < -0.39 is 0 Å². The number of hydrogen-bond acceptors (Lipinski definition) is 5. The van der Waals surface area contributed by atoms with E-state index >= 15 is 0 Å². The van der Waals surface area contributed by atoms with Gasteiger partial charge in [-0.15, -0.1) is 0 Å². The Morgan fingerprint density at radius 2 is 2.18 bits per heavy atom. The summed E-state index contributed by atoms with van der Waals surface area (Å²) in [6.45, 7) is 7.52. The van der Waals surface area contributed by atoms with Crippen molar-refractivity contribution >= 4 is 5.82 Å². The largest absolute Gasteiger partial charge is 0.383 e. The fourth-order valence-corrected chi connectivity index (χ4v) is 1.35. The first-order chi connectivity index (χ1) is 8.22. The third-order valence-corrected chi connectivity index (χ3v) is 2.16. The van der Waals surface area contributed by atoms with Crippen molar-refractivity contribution in [1.82, 2.24) is 15.3 Å². The van der Waals surface area contributed by atoms with Gasteiger partial charge in [-0.3, -0.25) is 4.98 Å². The van der Waals surface area contributed by atoms with Gasteiger partial charge in [0.2, 0.25) is 0 Å². The van der Waals surface area contributed by atoms with Gasteiger partial charge >= 0.3 is 0 Å². The summed E-state index contributed by atoms with van der Waals surface area (Å²) >= 11 is 0. The Kier molecular flexibility index (Phi) is 6.50. The molecule has 1 aromatic heterocycles. The number of ether oxygens (including phenoxy) is 1. The molecule has 0 fully saturated rings. The molecule has 0 spiro atoms.